The van der Waals surface area contributed by atoms with Crippen molar-refractivity contribution in [1.29, 1.82) is 0 Å². The van der Waals surface area contributed by atoms with Crippen LogP contribution in [0.2, 0.25) is 0 Å². The number of aryl methyl sites for hydroxylation is 1. The zero-order chi connectivity index (χ0) is 94.5. The molecule has 694 valence electrons. The summed E-state index contributed by atoms with van der Waals surface area (Å²) >= 11 is 2.49. The van der Waals surface area contributed by atoms with Gasteiger partial charge < -0.3 is 94.4 Å². The van der Waals surface area contributed by atoms with E-state index in [1.807, 2.05) is 32.0 Å². The molecule has 9 rings (SSSR count). The summed E-state index contributed by atoms with van der Waals surface area (Å²) in [4.78, 5) is 225. The molecular weight excluding hydrogens is 1710 g/mol. The number of halogens is 1. The summed E-state index contributed by atoms with van der Waals surface area (Å²) < 4.78 is 14.6. The smallest absolute Gasteiger partial charge is 0.247 e. The maximum Gasteiger partial charge on any atom is 0.247 e. The summed E-state index contributed by atoms with van der Waals surface area (Å²) in [5, 5.41) is 38.9. The summed E-state index contributed by atoms with van der Waals surface area (Å²) in [7, 11) is 3.96. The summed E-state index contributed by atoms with van der Waals surface area (Å²) in [5.74, 6) is -11.9. The van der Waals surface area contributed by atoms with Crippen LogP contribution in [0.15, 0.2) is 164 Å². The lowest BCUT2D eigenvalue weighted by atomic mass is 9.85. The molecule has 5 aromatic carbocycles. The predicted octanol–water partition coefficient (Wildman–Crippen LogP) is 3.97. The molecule has 2 bridgehead atoms. The SMILES string of the molecule is CCC[C@H](NC(C)=O)C(=O)N[C@H]1CSCc2cccc(c2)CSC[C@@H](C(N)=O)NC(=O)CN(C)C(=O)[C@H](Cc2ccc(F)cc2)N(C)C(=O)[C@H](Cc2ccc(C)cc2)NC(=O)[C@H](Cc2c[nH]c3ncccc23)NC(=O)[C@H](c2ccccc2)NC(=O)[C@H](C)N(C)C(=O)[C@H](Cc2cnc[nH]2)NC(=O)[C@H](CCCCN)NC(=O)[C@H](C(C)(C)C)NC(=O)[C@H](Cc2ccc(O)cc2)NC1=O. The van der Waals surface area contributed by atoms with Crippen molar-refractivity contribution in [3.05, 3.63) is 220 Å². The normalized spacial score (nSPS) is 21.9. The molecule has 0 radical (unpaired) electrons. The van der Waals surface area contributed by atoms with Crippen LogP contribution in [0.5, 0.6) is 5.75 Å². The molecule has 14 amide bonds. The van der Waals surface area contributed by atoms with Crippen LogP contribution in [0, 0.1) is 18.2 Å². The Morgan fingerprint density at radius 2 is 1.20 bits per heavy atom. The number of unbranched alkanes of at least 4 members (excludes halogenated alkanes) is 1. The summed E-state index contributed by atoms with van der Waals surface area (Å²) in [6.45, 7) is 10.8. The Balaban J connectivity index is 1.10. The molecular formula is C93H118FN19O15S2. The number of aromatic hydroxyl groups is 1. The number of nitrogens with one attached hydrogen (secondary N) is 12. The van der Waals surface area contributed by atoms with Crippen molar-refractivity contribution < 1.29 is 76.6 Å². The molecule has 37 heteroatoms. The molecule has 0 saturated heterocycles. The Morgan fingerprint density at radius 3 is 1.83 bits per heavy atom. The lowest BCUT2D eigenvalue weighted by Crippen LogP contribution is -2.62. The maximum atomic E-state index is 15.7. The largest absolute Gasteiger partial charge is 0.508 e. The highest BCUT2D eigenvalue weighted by molar-refractivity contribution is 7.98. The van der Waals surface area contributed by atoms with E-state index in [-0.39, 0.29) is 92.2 Å². The third-order valence-electron chi connectivity index (χ3n) is 22.2. The Hall–Kier alpha value is -13.0. The third-order valence-corrected chi connectivity index (χ3v) is 24.4. The second-order valence-corrected chi connectivity index (χ2v) is 35.7. The zero-order valence-electron chi connectivity index (χ0n) is 74.6. The van der Waals surface area contributed by atoms with E-state index in [0.717, 1.165) is 31.4 Å². The van der Waals surface area contributed by atoms with E-state index in [0.29, 0.717) is 51.8 Å². The first-order valence-electron chi connectivity index (χ1n) is 43.0. The minimum absolute atomic E-state index is 0.0442. The average Bonchev–Trinajstić information content (AvgIpc) is 1.90. The van der Waals surface area contributed by atoms with Gasteiger partial charge in [0, 0.05) is 113 Å². The predicted molar refractivity (Wildman–Crippen MR) is 491 cm³/mol. The van der Waals surface area contributed by atoms with Crippen LogP contribution in [0.3, 0.4) is 0 Å². The number of thioether (sulfide) groups is 2. The first kappa shape index (κ1) is 101. The average molecular weight is 1830 g/mol. The Morgan fingerprint density at radius 1 is 0.615 bits per heavy atom. The fourth-order valence-corrected chi connectivity index (χ4v) is 16.8. The van der Waals surface area contributed by atoms with E-state index in [2.05, 4.69) is 73.1 Å². The van der Waals surface area contributed by atoms with Crippen molar-refractivity contribution in [3.8, 4) is 5.75 Å². The number of benzene rings is 5. The minimum atomic E-state index is -1.63. The van der Waals surface area contributed by atoms with Crippen molar-refractivity contribution in [3.63, 3.8) is 0 Å². The van der Waals surface area contributed by atoms with E-state index in [4.69, 9.17) is 11.5 Å². The Bertz CT molecular complexity index is 5240. The number of aromatic nitrogens is 4. The number of amides is 14. The van der Waals surface area contributed by atoms with E-state index >= 15 is 47.9 Å². The second-order valence-electron chi connectivity index (χ2n) is 33.6. The van der Waals surface area contributed by atoms with Crippen molar-refractivity contribution in [2.75, 3.05) is 45.7 Å². The van der Waals surface area contributed by atoms with Gasteiger partial charge in [-0.1, -0.05) is 143 Å². The van der Waals surface area contributed by atoms with Gasteiger partial charge in [-0.3, -0.25) is 67.1 Å². The van der Waals surface area contributed by atoms with Gasteiger partial charge in [-0.15, -0.1) is 0 Å². The van der Waals surface area contributed by atoms with Gasteiger partial charge in [0.2, 0.25) is 82.7 Å². The number of rotatable bonds is 21. The second kappa shape index (κ2) is 48.4. The number of fused-ring (bicyclic) bond motifs is 3. The van der Waals surface area contributed by atoms with E-state index in [1.54, 1.807) is 106 Å². The highest BCUT2D eigenvalue weighted by atomic mass is 32.2. The van der Waals surface area contributed by atoms with E-state index in [9.17, 15) is 28.7 Å². The number of imidazole rings is 1. The summed E-state index contributed by atoms with van der Waals surface area (Å²) in [6.07, 6.45) is 6.00. The van der Waals surface area contributed by atoms with Crippen LogP contribution >= 0.6 is 23.5 Å². The molecule has 0 spiro atoms. The van der Waals surface area contributed by atoms with Crippen molar-refractivity contribution >= 4 is 117 Å². The standard InChI is InChI=1S/C93H118FN19O15S2/c1-11-19-68(101-56(4)114)83(119)108-75-52-130-50-61-21-17-20-60(40-61)49-129-51-74(80(96)117)102-77(116)48-111(8)92(128)76(43-59-30-34-64(94)35-31-59)113(10)91(127)72(42-57-28-26-54(2)27-29-57)106-85(121)71(44-63-46-99-81-67(63)24-18-39-98-81)105-88(124)78(62-22-13-12-14-23-62)109-82(118)55(3)112(9)90(126)73(45-65-47-97-53-100-65)107-84(120)69(25-15-16-38-95)103-89(125)79(93(5,6)7)110-86(122)70(104-87(75)123)41-58-32-36-66(115)37-33-58/h12-14,17-18,20-24,26-37,39-40,46-47,53,55,68-76,78-79,115H,11,15-16,19,25,38,41-45,48-52,95H2,1-10H3,(H2,96,117)(H,97,100)(H,98,99)(H,101,114)(H,102,116)(H,103,125)(H,104,123)(H,105,124)(H,106,121)(H,107,120)(H,108,119)(H,109,118)(H,110,122)/t55-,68-,69-,70-,71-,72-,73-,74-,75-,76-,78-,79+/m0/s1. The van der Waals surface area contributed by atoms with Gasteiger partial charge in [-0.2, -0.15) is 23.5 Å². The number of phenolic OH excluding ortho intramolecular Hbond substituents is 1. The van der Waals surface area contributed by atoms with Gasteiger partial charge in [-0.25, -0.2) is 14.4 Å². The number of hydrogen-bond donors (Lipinski definition) is 15. The molecule has 1 aliphatic heterocycles. The molecule has 0 aliphatic carbocycles. The van der Waals surface area contributed by atoms with Crippen molar-refractivity contribution in [2.24, 2.45) is 16.9 Å². The lowest BCUT2D eigenvalue weighted by Gasteiger charge is -2.34. The number of likely N-dealkylation sites (N-methyl/N-ethyl adjacent to an activating group) is 3. The number of carbonyl (C=O) groups excluding carboxylic acids is 14. The van der Waals surface area contributed by atoms with Crippen molar-refractivity contribution in [1.82, 2.24) is 87.8 Å². The minimum Gasteiger partial charge on any atom is -0.508 e. The summed E-state index contributed by atoms with van der Waals surface area (Å²) in [6, 6.07) is 19.6. The molecule has 0 fully saturated rings. The van der Waals surface area contributed by atoms with Gasteiger partial charge in [0.1, 0.15) is 89.7 Å². The number of pyridine rings is 1. The molecule has 1 aliphatic rings. The topological polar surface area (TPSA) is 499 Å². The molecule has 3 aromatic heterocycles. The molecule has 0 saturated carbocycles. The van der Waals surface area contributed by atoms with E-state index < -0.39 is 173 Å². The number of nitrogens with two attached hydrogens (primary N) is 2. The molecule has 4 heterocycles. The van der Waals surface area contributed by atoms with Crippen LogP contribution in [0.4, 0.5) is 4.39 Å². The molecule has 8 aromatic rings. The molecule has 130 heavy (non-hydrogen) atoms. The number of carbonyl (C=O) groups is 14. The Kier molecular flexibility index (Phi) is 37.5. The molecule has 34 nitrogen and oxygen atoms in total. The van der Waals surface area contributed by atoms with Gasteiger partial charge in [-0.05, 0) is 127 Å². The molecule has 17 N–H and O–H groups in total. The quantitative estimate of drug-likeness (QED) is 0.0453. The monoisotopic (exact) mass is 1820 g/mol. The van der Waals surface area contributed by atoms with Crippen LogP contribution in [-0.4, -0.2) is 235 Å². The molecule has 12 atom stereocenters. The fraction of sp³-hybridized carbons (Fsp3) is 0.419. The highest BCUT2D eigenvalue weighted by Crippen LogP contribution is 2.26. The van der Waals surface area contributed by atoms with Crippen LogP contribution in [-0.2, 0) is 111 Å². The summed E-state index contributed by atoms with van der Waals surface area (Å²) in [5.41, 5.74) is 16.1. The van der Waals surface area contributed by atoms with Gasteiger partial charge in [0.05, 0.1) is 12.9 Å². The number of primary amides is 1. The third kappa shape index (κ3) is 29.8. The Labute approximate surface area is 763 Å². The maximum absolute atomic E-state index is 15.7. The first-order chi connectivity index (χ1) is 62.0. The van der Waals surface area contributed by atoms with Gasteiger partial charge >= 0.3 is 0 Å². The first-order valence-corrected chi connectivity index (χ1v) is 45.3. The lowest BCUT2D eigenvalue weighted by molar-refractivity contribution is -0.146. The van der Waals surface area contributed by atoms with Crippen LogP contribution in [0.25, 0.3) is 11.0 Å². The van der Waals surface area contributed by atoms with Crippen LogP contribution < -0.4 is 64.6 Å². The van der Waals surface area contributed by atoms with Crippen molar-refractivity contribution in [2.45, 2.75) is 197 Å². The van der Waals surface area contributed by atoms with Crippen LogP contribution in [0.1, 0.15) is 130 Å². The van der Waals surface area contributed by atoms with Gasteiger partial charge in [0.25, 0.3) is 0 Å². The number of H-pyrrole nitrogens is 2. The van der Waals surface area contributed by atoms with E-state index in [1.165, 1.54) is 120 Å². The number of aromatic amines is 2. The fourth-order valence-electron chi connectivity index (χ4n) is 14.8. The zero-order valence-corrected chi connectivity index (χ0v) is 76.2. The highest BCUT2D eigenvalue weighted by Gasteiger charge is 2.42. The number of hydrogen-bond acceptors (Lipinski definition) is 20. The number of phenols is 1. The van der Waals surface area contributed by atoms with Gasteiger partial charge in [0.15, 0.2) is 0 Å². The molecule has 0 unspecified atom stereocenters. The number of nitrogens with zero attached hydrogens (tertiary/aromatic N) is 5.